The SMILES string of the molecule is COc1ncccc1NCc1[nH]ccc1C(=O)O. The number of hydrogen-bond acceptors (Lipinski definition) is 4. The number of pyridine rings is 1. The van der Waals surface area contributed by atoms with Crippen molar-refractivity contribution in [2.24, 2.45) is 0 Å². The molecule has 0 amide bonds. The lowest BCUT2D eigenvalue weighted by molar-refractivity contribution is 0.0696. The van der Waals surface area contributed by atoms with Crippen molar-refractivity contribution < 1.29 is 14.6 Å². The predicted molar refractivity (Wildman–Crippen MR) is 65.9 cm³/mol. The number of carboxylic acids is 1. The zero-order valence-corrected chi connectivity index (χ0v) is 9.80. The number of ether oxygens (including phenoxy) is 1. The summed E-state index contributed by atoms with van der Waals surface area (Å²) in [5.41, 5.74) is 1.57. The Labute approximate surface area is 104 Å². The molecule has 2 aromatic rings. The first-order chi connectivity index (χ1) is 8.72. The van der Waals surface area contributed by atoms with Crippen LogP contribution in [0.1, 0.15) is 16.1 Å². The first kappa shape index (κ1) is 12.0. The van der Waals surface area contributed by atoms with Gasteiger partial charge in [0.1, 0.15) is 0 Å². The summed E-state index contributed by atoms with van der Waals surface area (Å²) in [6.45, 7) is 0.358. The minimum absolute atomic E-state index is 0.255. The van der Waals surface area contributed by atoms with E-state index in [2.05, 4.69) is 15.3 Å². The smallest absolute Gasteiger partial charge is 0.337 e. The number of anilines is 1. The van der Waals surface area contributed by atoms with Gasteiger partial charge in [0.2, 0.25) is 5.88 Å². The fraction of sp³-hybridized carbons (Fsp3) is 0.167. The Morgan fingerprint density at radius 2 is 2.39 bits per heavy atom. The number of carbonyl (C=O) groups is 1. The van der Waals surface area contributed by atoms with Crippen LogP contribution in [0.3, 0.4) is 0 Å². The highest BCUT2D eigenvalue weighted by molar-refractivity contribution is 5.89. The van der Waals surface area contributed by atoms with Crippen LogP contribution >= 0.6 is 0 Å². The number of rotatable bonds is 5. The summed E-state index contributed by atoms with van der Waals surface area (Å²) in [6.07, 6.45) is 3.22. The molecule has 94 valence electrons. The van der Waals surface area contributed by atoms with Crippen molar-refractivity contribution in [2.45, 2.75) is 6.54 Å². The Bertz CT molecular complexity index is 551. The van der Waals surface area contributed by atoms with Crippen LogP contribution in [0.2, 0.25) is 0 Å². The number of methoxy groups -OCH3 is 1. The van der Waals surface area contributed by atoms with Crippen molar-refractivity contribution in [1.82, 2.24) is 9.97 Å². The summed E-state index contributed by atoms with van der Waals surface area (Å²) >= 11 is 0. The third kappa shape index (κ3) is 2.42. The van der Waals surface area contributed by atoms with Crippen molar-refractivity contribution in [3.05, 3.63) is 41.9 Å². The summed E-state index contributed by atoms with van der Waals surface area (Å²) in [6, 6.07) is 5.12. The molecular weight excluding hydrogens is 234 g/mol. The van der Waals surface area contributed by atoms with E-state index in [1.54, 1.807) is 18.5 Å². The summed E-state index contributed by atoms with van der Waals surface area (Å²) < 4.78 is 5.09. The quantitative estimate of drug-likeness (QED) is 0.749. The predicted octanol–water partition coefficient (Wildman–Crippen LogP) is 1.73. The van der Waals surface area contributed by atoms with Gasteiger partial charge in [-0.25, -0.2) is 9.78 Å². The Morgan fingerprint density at radius 3 is 3.11 bits per heavy atom. The van der Waals surface area contributed by atoms with Gasteiger partial charge >= 0.3 is 5.97 Å². The molecule has 0 radical (unpaired) electrons. The van der Waals surface area contributed by atoms with Crippen LogP contribution in [0.25, 0.3) is 0 Å². The Hall–Kier alpha value is -2.50. The van der Waals surface area contributed by atoms with Crippen LogP contribution in [0.5, 0.6) is 5.88 Å². The lowest BCUT2D eigenvalue weighted by Crippen LogP contribution is -2.07. The monoisotopic (exact) mass is 247 g/mol. The van der Waals surface area contributed by atoms with E-state index >= 15 is 0 Å². The summed E-state index contributed by atoms with van der Waals surface area (Å²) in [7, 11) is 1.53. The van der Waals surface area contributed by atoms with Gasteiger partial charge in [-0.3, -0.25) is 0 Å². The molecule has 6 nitrogen and oxygen atoms in total. The van der Waals surface area contributed by atoms with Gasteiger partial charge in [-0.15, -0.1) is 0 Å². The minimum atomic E-state index is -0.953. The second kappa shape index (κ2) is 5.22. The first-order valence-corrected chi connectivity index (χ1v) is 5.35. The number of nitrogens with zero attached hydrogens (tertiary/aromatic N) is 1. The molecule has 0 fully saturated rings. The molecule has 2 rings (SSSR count). The van der Waals surface area contributed by atoms with Gasteiger partial charge in [0.05, 0.1) is 24.9 Å². The maximum atomic E-state index is 10.9. The number of aromatic nitrogens is 2. The third-order valence-corrected chi connectivity index (χ3v) is 2.48. The maximum absolute atomic E-state index is 10.9. The van der Waals surface area contributed by atoms with E-state index in [1.807, 2.05) is 6.07 Å². The van der Waals surface area contributed by atoms with Crippen LogP contribution in [-0.2, 0) is 6.54 Å². The largest absolute Gasteiger partial charge is 0.480 e. The van der Waals surface area contributed by atoms with E-state index in [-0.39, 0.29) is 5.56 Å². The number of hydrogen-bond donors (Lipinski definition) is 3. The van der Waals surface area contributed by atoms with Crippen molar-refractivity contribution in [3.8, 4) is 5.88 Å². The molecule has 0 aliphatic carbocycles. The molecule has 0 unspecified atom stereocenters. The molecule has 0 saturated carbocycles. The standard InChI is InChI=1S/C12H13N3O3/c1-18-11-9(3-2-5-14-11)15-7-10-8(12(16)17)4-6-13-10/h2-6,13,15H,7H2,1H3,(H,16,17). The van der Waals surface area contributed by atoms with E-state index in [0.717, 1.165) is 0 Å². The van der Waals surface area contributed by atoms with Crippen LogP contribution in [0, 0.1) is 0 Å². The fourth-order valence-corrected chi connectivity index (χ4v) is 1.62. The zero-order valence-electron chi connectivity index (χ0n) is 9.80. The molecule has 0 aliphatic rings. The highest BCUT2D eigenvalue weighted by Gasteiger charge is 2.11. The van der Waals surface area contributed by atoms with Crippen molar-refractivity contribution in [2.75, 3.05) is 12.4 Å². The Kier molecular flexibility index (Phi) is 3.47. The lowest BCUT2D eigenvalue weighted by Gasteiger charge is -2.09. The van der Waals surface area contributed by atoms with Gasteiger partial charge in [0, 0.05) is 18.1 Å². The van der Waals surface area contributed by atoms with E-state index in [9.17, 15) is 4.79 Å². The number of aromatic carboxylic acids is 1. The summed E-state index contributed by atoms with van der Waals surface area (Å²) in [5.74, 6) is -0.480. The highest BCUT2D eigenvalue weighted by atomic mass is 16.5. The molecule has 3 N–H and O–H groups in total. The van der Waals surface area contributed by atoms with Gasteiger partial charge in [0.15, 0.2) is 0 Å². The average Bonchev–Trinajstić information content (AvgIpc) is 2.85. The second-order valence-corrected chi connectivity index (χ2v) is 3.59. The number of aromatic amines is 1. The number of nitrogens with one attached hydrogen (secondary N) is 2. The molecule has 0 atom stereocenters. The van der Waals surface area contributed by atoms with E-state index < -0.39 is 5.97 Å². The van der Waals surface area contributed by atoms with Gasteiger partial charge < -0.3 is 20.1 Å². The molecule has 0 aromatic carbocycles. The van der Waals surface area contributed by atoms with Crippen LogP contribution in [0.15, 0.2) is 30.6 Å². The number of carboxylic acid groups (broad SMARTS) is 1. The van der Waals surface area contributed by atoms with Crippen LogP contribution in [0.4, 0.5) is 5.69 Å². The van der Waals surface area contributed by atoms with E-state index in [4.69, 9.17) is 9.84 Å². The third-order valence-electron chi connectivity index (χ3n) is 2.48. The van der Waals surface area contributed by atoms with Crippen molar-refractivity contribution >= 4 is 11.7 Å². The zero-order chi connectivity index (χ0) is 13.0. The second-order valence-electron chi connectivity index (χ2n) is 3.59. The molecule has 0 bridgehead atoms. The summed E-state index contributed by atoms with van der Waals surface area (Å²) in [5, 5.41) is 12.0. The normalized spacial score (nSPS) is 10.1. The first-order valence-electron chi connectivity index (χ1n) is 5.35. The summed E-state index contributed by atoms with van der Waals surface area (Å²) in [4.78, 5) is 17.9. The van der Waals surface area contributed by atoms with Gasteiger partial charge in [-0.05, 0) is 18.2 Å². The molecule has 0 aliphatic heterocycles. The molecular formula is C12H13N3O3. The Morgan fingerprint density at radius 1 is 1.56 bits per heavy atom. The molecule has 0 spiro atoms. The number of H-pyrrole nitrogens is 1. The van der Waals surface area contributed by atoms with Gasteiger partial charge in [-0.2, -0.15) is 0 Å². The van der Waals surface area contributed by atoms with Crippen molar-refractivity contribution in [3.63, 3.8) is 0 Å². The maximum Gasteiger partial charge on any atom is 0.337 e. The molecule has 18 heavy (non-hydrogen) atoms. The minimum Gasteiger partial charge on any atom is -0.480 e. The fourth-order valence-electron chi connectivity index (χ4n) is 1.62. The van der Waals surface area contributed by atoms with E-state index in [1.165, 1.54) is 13.2 Å². The van der Waals surface area contributed by atoms with Crippen LogP contribution < -0.4 is 10.1 Å². The van der Waals surface area contributed by atoms with Gasteiger partial charge in [0.25, 0.3) is 0 Å². The van der Waals surface area contributed by atoms with Crippen LogP contribution in [-0.4, -0.2) is 28.2 Å². The van der Waals surface area contributed by atoms with E-state index in [0.29, 0.717) is 23.8 Å². The molecule has 6 heteroatoms. The Balaban J connectivity index is 2.11. The van der Waals surface area contributed by atoms with Crippen molar-refractivity contribution in [1.29, 1.82) is 0 Å². The lowest BCUT2D eigenvalue weighted by atomic mass is 10.2. The molecule has 2 aromatic heterocycles. The van der Waals surface area contributed by atoms with Gasteiger partial charge in [-0.1, -0.05) is 0 Å². The molecule has 0 saturated heterocycles. The topological polar surface area (TPSA) is 87.2 Å². The average molecular weight is 247 g/mol. The highest BCUT2D eigenvalue weighted by Crippen LogP contribution is 2.20. The molecule has 2 heterocycles.